The van der Waals surface area contributed by atoms with Gasteiger partial charge in [0.05, 0.1) is 23.1 Å². The summed E-state index contributed by atoms with van der Waals surface area (Å²) < 4.78 is 1.90. The zero-order chi connectivity index (χ0) is 13.1. The van der Waals surface area contributed by atoms with E-state index in [1.165, 1.54) is 11.4 Å². The van der Waals surface area contributed by atoms with Crippen LogP contribution in [-0.4, -0.2) is 23.9 Å². The summed E-state index contributed by atoms with van der Waals surface area (Å²) >= 11 is 0. The lowest BCUT2D eigenvalue weighted by atomic mass is 10.2. The van der Waals surface area contributed by atoms with Crippen LogP contribution in [0.25, 0.3) is 0 Å². The van der Waals surface area contributed by atoms with Crippen LogP contribution in [0.3, 0.4) is 0 Å². The zero-order valence-corrected chi connectivity index (χ0v) is 11.4. The summed E-state index contributed by atoms with van der Waals surface area (Å²) in [6.07, 6.45) is 1.82. The van der Waals surface area contributed by atoms with Gasteiger partial charge in [-0.15, -0.1) is 0 Å². The molecule has 0 fully saturated rings. The largest absolute Gasteiger partial charge is 0.376 e. The Morgan fingerprint density at radius 1 is 1.22 bits per heavy atom. The fourth-order valence-corrected chi connectivity index (χ4v) is 2.10. The molecular weight excluding hydrogens is 224 g/mol. The van der Waals surface area contributed by atoms with E-state index >= 15 is 0 Å². The predicted molar refractivity (Wildman–Crippen MR) is 76.0 cm³/mol. The van der Waals surface area contributed by atoms with Crippen molar-refractivity contribution in [3.63, 3.8) is 0 Å². The van der Waals surface area contributed by atoms with Crippen molar-refractivity contribution in [1.29, 1.82) is 0 Å². The standard InChI is InChI=1S/C14H20N4/c1-11(13-9-10-15-18(13)4)16-12-7-5-6-8-14(12)17(2)3/h5-11,16H,1-4H3. The van der Waals surface area contributed by atoms with Gasteiger partial charge in [0.25, 0.3) is 0 Å². The highest BCUT2D eigenvalue weighted by molar-refractivity contribution is 5.69. The summed E-state index contributed by atoms with van der Waals surface area (Å²) in [6.45, 7) is 2.14. The number of hydrogen-bond acceptors (Lipinski definition) is 3. The van der Waals surface area contributed by atoms with Crippen LogP contribution in [0.4, 0.5) is 11.4 Å². The predicted octanol–water partition coefficient (Wildman–Crippen LogP) is 2.66. The maximum Gasteiger partial charge on any atom is 0.0654 e. The van der Waals surface area contributed by atoms with Crippen LogP contribution < -0.4 is 10.2 Å². The van der Waals surface area contributed by atoms with Crippen molar-refractivity contribution in [3.8, 4) is 0 Å². The van der Waals surface area contributed by atoms with Crippen LogP contribution in [0, 0.1) is 0 Å². The Morgan fingerprint density at radius 2 is 1.94 bits per heavy atom. The fraction of sp³-hybridized carbons (Fsp3) is 0.357. The van der Waals surface area contributed by atoms with Gasteiger partial charge in [-0.25, -0.2) is 0 Å². The molecule has 1 aromatic carbocycles. The average Bonchev–Trinajstić information content (AvgIpc) is 2.76. The van der Waals surface area contributed by atoms with E-state index < -0.39 is 0 Å². The molecule has 1 heterocycles. The molecule has 0 aliphatic rings. The monoisotopic (exact) mass is 244 g/mol. The SMILES string of the molecule is CC(Nc1ccccc1N(C)C)c1ccnn1C. The van der Waals surface area contributed by atoms with Crippen LogP contribution in [0.1, 0.15) is 18.7 Å². The molecule has 0 spiro atoms. The smallest absolute Gasteiger partial charge is 0.0654 e. The lowest BCUT2D eigenvalue weighted by Gasteiger charge is -2.22. The quantitative estimate of drug-likeness (QED) is 0.897. The van der Waals surface area contributed by atoms with Gasteiger partial charge in [0.1, 0.15) is 0 Å². The maximum atomic E-state index is 4.20. The van der Waals surface area contributed by atoms with Crippen molar-refractivity contribution < 1.29 is 0 Å². The second-order valence-electron chi connectivity index (χ2n) is 4.66. The van der Waals surface area contributed by atoms with E-state index in [9.17, 15) is 0 Å². The van der Waals surface area contributed by atoms with Crippen LogP contribution >= 0.6 is 0 Å². The van der Waals surface area contributed by atoms with Gasteiger partial charge >= 0.3 is 0 Å². The molecule has 1 unspecified atom stereocenters. The first kappa shape index (κ1) is 12.5. The Balaban J connectivity index is 2.22. The van der Waals surface area contributed by atoms with E-state index in [-0.39, 0.29) is 6.04 Å². The molecule has 0 radical (unpaired) electrons. The van der Waals surface area contributed by atoms with Gasteiger partial charge in [0.2, 0.25) is 0 Å². The number of aromatic nitrogens is 2. The van der Waals surface area contributed by atoms with Gasteiger partial charge in [0, 0.05) is 27.3 Å². The highest BCUT2D eigenvalue weighted by atomic mass is 15.3. The second-order valence-corrected chi connectivity index (χ2v) is 4.66. The molecular formula is C14H20N4. The number of benzene rings is 1. The van der Waals surface area contributed by atoms with Crippen LogP contribution in [-0.2, 0) is 7.05 Å². The molecule has 0 saturated carbocycles. The highest BCUT2D eigenvalue weighted by Gasteiger charge is 2.11. The Kier molecular flexibility index (Phi) is 3.55. The number of anilines is 2. The molecule has 0 bridgehead atoms. The van der Waals surface area contributed by atoms with Gasteiger partial charge in [-0.3, -0.25) is 4.68 Å². The first-order valence-electron chi connectivity index (χ1n) is 6.10. The van der Waals surface area contributed by atoms with Gasteiger partial charge in [-0.2, -0.15) is 5.10 Å². The maximum absolute atomic E-state index is 4.20. The van der Waals surface area contributed by atoms with Crippen molar-refractivity contribution in [1.82, 2.24) is 9.78 Å². The number of aryl methyl sites for hydroxylation is 1. The average molecular weight is 244 g/mol. The molecule has 1 atom stereocenters. The molecule has 0 amide bonds. The van der Waals surface area contributed by atoms with Crippen LogP contribution in [0.15, 0.2) is 36.5 Å². The van der Waals surface area contributed by atoms with Crippen molar-refractivity contribution in [3.05, 3.63) is 42.2 Å². The van der Waals surface area contributed by atoms with E-state index in [0.29, 0.717) is 0 Å². The lowest BCUT2D eigenvalue weighted by molar-refractivity contribution is 0.675. The van der Waals surface area contributed by atoms with E-state index in [1.807, 2.05) is 30.1 Å². The minimum absolute atomic E-state index is 0.221. The third-order valence-electron chi connectivity index (χ3n) is 3.06. The van der Waals surface area contributed by atoms with E-state index in [0.717, 1.165) is 5.69 Å². The third kappa shape index (κ3) is 2.47. The van der Waals surface area contributed by atoms with Gasteiger partial charge in [-0.1, -0.05) is 12.1 Å². The first-order valence-corrected chi connectivity index (χ1v) is 6.10. The normalized spacial score (nSPS) is 12.2. The summed E-state index contributed by atoms with van der Waals surface area (Å²) in [5.74, 6) is 0. The first-order chi connectivity index (χ1) is 8.59. The fourth-order valence-electron chi connectivity index (χ4n) is 2.10. The van der Waals surface area contributed by atoms with E-state index in [2.05, 4.69) is 54.5 Å². The second kappa shape index (κ2) is 5.12. The molecule has 0 saturated heterocycles. The van der Waals surface area contributed by atoms with Crippen molar-refractivity contribution in [2.75, 3.05) is 24.3 Å². The topological polar surface area (TPSA) is 33.1 Å². The molecule has 0 aliphatic carbocycles. The molecule has 0 aliphatic heterocycles. The highest BCUT2D eigenvalue weighted by Crippen LogP contribution is 2.27. The molecule has 96 valence electrons. The van der Waals surface area contributed by atoms with Crippen molar-refractivity contribution in [2.45, 2.75) is 13.0 Å². The summed E-state index contributed by atoms with van der Waals surface area (Å²) in [7, 11) is 6.07. The molecule has 4 nitrogen and oxygen atoms in total. The Morgan fingerprint density at radius 3 is 2.56 bits per heavy atom. The number of hydrogen-bond donors (Lipinski definition) is 1. The molecule has 2 aromatic rings. The Labute approximate surface area is 108 Å². The lowest BCUT2D eigenvalue weighted by Crippen LogP contribution is -2.15. The van der Waals surface area contributed by atoms with Gasteiger partial charge < -0.3 is 10.2 Å². The minimum atomic E-state index is 0.221. The summed E-state index contributed by atoms with van der Waals surface area (Å²) in [4.78, 5) is 2.11. The third-order valence-corrected chi connectivity index (χ3v) is 3.06. The summed E-state index contributed by atoms with van der Waals surface area (Å²) in [6, 6.07) is 10.6. The Hall–Kier alpha value is -1.97. The van der Waals surface area contributed by atoms with Crippen molar-refractivity contribution >= 4 is 11.4 Å². The van der Waals surface area contributed by atoms with Crippen LogP contribution in [0.2, 0.25) is 0 Å². The number of nitrogens with one attached hydrogen (secondary N) is 1. The molecule has 1 aromatic heterocycles. The number of nitrogens with zero attached hydrogens (tertiary/aromatic N) is 3. The summed E-state index contributed by atoms with van der Waals surface area (Å²) in [5.41, 5.74) is 3.49. The zero-order valence-electron chi connectivity index (χ0n) is 11.4. The minimum Gasteiger partial charge on any atom is -0.376 e. The number of para-hydroxylation sites is 2. The summed E-state index contributed by atoms with van der Waals surface area (Å²) in [5, 5.41) is 7.74. The van der Waals surface area contributed by atoms with E-state index in [1.54, 1.807) is 0 Å². The van der Waals surface area contributed by atoms with Crippen molar-refractivity contribution in [2.24, 2.45) is 7.05 Å². The number of rotatable bonds is 4. The Bertz CT molecular complexity index is 516. The molecule has 4 heteroatoms. The van der Waals surface area contributed by atoms with Gasteiger partial charge in [-0.05, 0) is 25.1 Å². The molecule has 1 N–H and O–H groups in total. The van der Waals surface area contributed by atoms with E-state index in [4.69, 9.17) is 0 Å². The molecule has 18 heavy (non-hydrogen) atoms. The van der Waals surface area contributed by atoms with Gasteiger partial charge in [0.15, 0.2) is 0 Å². The molecule has 2 rings (SSSR count). The van der Waals surface area contributed by atoms with Crippen LogP contribution in [0.5, 0.6) is 0 Å².